The van der Waals surface area contributed by atoms with E-state index < -0.39 is 0 Å². The van der Waals surface area contributed by atoms with Gasteiger partial charge in [0.1, 0.15) is 0 Å². The van der Waals surface area contributed by atoms with E-state index in [1.807, 2.05) is 0 Å². The zero-order chi connectivity index (χ0) is 13.8. The zero-order valence-electron chi connectivity index (χ0n) is 12.4. The number of piperazine rings is 1. The summed E-state index contributed by atoms with van der Waals surface area (Å²) in [7, 11) is 0. The highest BCUT2D eigenvalue weighted by atomic mass is 79.9. The van der Waals surface area contributed by atoms with Crippen LogP contribution in [0.25, 0.3) is 0 Å². The van der Waals surface area contributed by atoms with E-state index in [2.05, 4.69) is 58.6 Å². The van der Waals surface area contributed by atoms with Crippen molar-refractivity contribution >= 4 is 15.9 Å². The van der Waals surface area contributed by atoms with Crippen molar-refractivity contribution in [3.63, 3.8) is 0 Å². The molecule has 19 heavy (non-hydrogen) atoms. The van der Waals surface area contributed by atoms with E-state index in [0.29, 0.717) is 0 Å². The molecule has 0 aliphatic carbocycles. The summed E-state index contributed by atoms with van der Waals surface area (Å²) in [4.78, 5) is 5.13. The molecule has 1 aromatic carbocycles. The molecule has 0 N–H and O–H groups in total. The number of halogens is 1. The second-order valence-electron chi connectivity index (χ2n) is 5.68. The summed E-state index contributed by atoms with van der Waals surface area (Å²) in [5, 5.41) is 1.09. The van der Waals surface area contributed by atoms with Gasteiger partial charge in [0, 0.05) is 44.6 Å². The van der Waals surface area contributed by atoms with Crippen LogP contribution in [-0.4, -0.2) is 47.9 Å². The summed E-state index contributed by atoms with van der Waals surface area (Å²) in [6, 6.07) is 4.62. The summed E-state index contributed by atoms with van der Waals surface area (Å²) >= 11 is 3.52. The molecular formula is C16H25BrN2. The first-order valence-corrected chi connectivity index (χ1v) is 8.29. The predicted octanol–water partition coefficient (Wildman–Crippen LogP) is 3.12. The van der Waals surface area contributed by atoms with Crippen molar-refractivity contribution in [2.75, 3.05) is 38.1 Å². The third-order valence-electron chi connectivity index (χ3n) is 4.09. The number of nitrogens with zero attached hydrogens (tertiary/aromatic N) is 2. The molecule has 2 rings (SSSR count). The minimum atomic E-state index is 1.09. The second kappa shape index (κ2) is 6.87. The second-order valence-corrected chi connectivity index (χ2v) is 6.48. The van der Waals surface area contributed by atoms with Gasteiger partial charge in [0.05, 0.1) is 0 Å². The number of alkyl halides is 1. The lowest BCUT2D eigenvalue weighted by molar-refractivity contribution is 0.132. The van der Waals surface area contributed by atoms with Crippen LogP contribution in [0.5, 0.6) is 0 Å². The first kappa shape index (κ1) is 15.0. The Labute approximate surface area is 125 Å². The fraction of sp³-hybridized carbons (Fsp3) is 0.625. The van der Waals surface area contributed by atoms with Gasteiger partial charge in [-0.2, -0.15) is 0 Å². The van der Waals surface area contributed by atoms with Crippen LogP contribution in [0.15, 0.2) is 12.1 Å². The first-order valence-electron chi connectivity index (χ1n) is 7.17. The molecule has 0 amide bonds. The molecule has 1 heterocycles. The van der Waals surface area contributed by atoms with Gasteiger partial charge in [-0.1, -0.05) is 33.6 Å². The van der Waals surface area contributed by atoms with Crippen LogP contribution < -0.4 is 0 Å². The molecule has 1 saturated heterocycles. The molecule has 1 aliphatic heterocycles. The number of hydrogen-bond donors (Lipinski definition) is 0. The van der Waals surface area contributed by atoms with Gasteiger partial charge in [-0.15, -0.1) is 0 Å². The smallest absolute Gasteiger partial charge is 0.0240 e. The Morgan fingerprint density at radius 2 is 1.47 bits per heavy atom. The molecule has 1 fully saturated rings. The topological polar surface area (TPSA) is 6.48 Å². The molecule has 0 radical (unpaired) electrons. The van der Waals surface area contributed by atoms with Crippen LogP contribution in [0.3, 0.4) is 0 Å². The summed E-state index contributed by atoms with van der Waals surface area (Å²) in [6.07, 6.45) is 0. The molecule has 0 saturated carbocycles. The van der Waals surface area contributed by atoms with Crippen molar-refractivity contribution < 1.29 is 0 Å². The lowest BCUT2D eigenvalue weighted by Crippen LogP contribution is -2.46. The minimum Gasteiger partial charge on any atom is -0.300 e. The van der Waals surface area contributed by atoms with Gasteiger partial charge < -0.3 is 0 Å². The molecule has 0 bridgehead atoms. The van der Waals surface area contributed by atoms with Crippen molar-refractivity contribution in [3.05, 3.63) is 34.4 Å². The Kier molecular flexibility index (Phi) is 5.43. The lowest BCUT2D eigenvalue weighted by Gasteiger charge is -2.35. The zero-order valence-corrected chi connectivity index (χ0v) is 14.0. The average molecular weight is 325 g/mol. The van der Waals surface area contributed by atoms with Crippen LogP contribution in [0, 0.1) is 20.8 Å². The van der Waals surface area contributed by atoms with Crippen LogP contribution in [0.2, 0.25) is 0 Å². The molecule has 2 nitrogen and oxygen atoms in total. The van der Waals surface area contributed by atoms with E-state index in [1.54, 1.807) is 0 Å². The third-order valence-corrected chi connectivity index (χ3v) is 4.44. The fourth-order valence-corrected chi connectivity index (χ4v) is 3.47. The summed E-state index contributed by atoms with van der Waals surface area (Å²) in [5.41, 5.74) is 5.79. The lowest BCUT2D eigenvalue weighted by atomic mass is 9.99. The van der Waals surface area contributed by atoms with E-state index in [4.69, 9.17) is 0 Å². The highest BCUT2D eigenvalue weighted by molar-refractivity contribution is 9.09. The first-order chi connectivity index (χ1) is 9.10. The van der Waals surface area contributed by atoms with Gasteiger partial charge in [-0.25, -0.2) is 0 Å². The fourth-order valence-electron chi connectivity index (χ4n) is 2.97. The Hall–Kier alpha value is -0.380. The quantitative estimate of drug-likeness (QED) is 0.785. The van der Waals surface area contributed by atoms with Crippen LogP contribution in [-0.2, 0) is 6.54 Å². The Bertz CT molecular complexity index is 400. The maximum absolute atomic E-state index is 3.52. The highest BCUT2D eigenvalue weighted by Gasteiger charge is 2.17. The SMILES string of the molecule is Cc1cc(C)c(CN2CCN(CCBr)CC2)c(C)c1. The van der Waals surface area contributed by atoms with Gasteiger partial charge in [-0.05, 0) is 37.5 Å². The van der Waals surface area contributed by atoms with E-state index in [0.717, 1.165) is 11.9 Å². The Balaban J connectivity index is 1.96. The molecule has 0 spiro atoms. The molecule has 0 unspecified atom stereocenters. The van der Waals surface area contributed by atoms with Crippen LogP contribution in [0.4, 0.5) is 0 Å². The number of aryl methyl sites for hydroxylation is 3. The van der Waals surface area contributed by atoms with Gasteiger partial charge in [0.15, 0.2) is 0 Å². The Morgan fingerprint density at radius 3 is 2.00 bits per heavy atom. The Morgan fingerprint density at radius 1 is 0.947 bits per heavy atom. The normalized spacial score (nSPS) is 17.9. The average Bonchev–Trinajstić information content (AvgIpc) is 2.36. The number of benzene rings is 1. The molecule has 106 valence electrons. The molecular weight excluding hydrogens is 300 g/mol. The maximum atomic E-state index is 3.52. The molecule has 1 aromatic rings. The number of hydrogen-bond acceptors (Lipinski definition) is 2. The monoisotopic (exact) mass is 324 g/mol. The van der Waals surface area contributed by atoms with E-state index >= 15 is 0 Å². The predicted molar refractivity (Wildman–Crippen MR) is 86.2 cm³/mol. The highest BCUT2D eigenvalue weighted by Crippen LogP contribution is 2.19. The van der Waals surface area contributed by atoms with Crippen molar-refractivity contribution in [2.24, 2.45) is 0 Å². The van der Waals surface area contributed by atoms with Crippen molar-refractivity contribution in [2.45, 2.75) is 27.3 Å². The minimum absolute atomic E-state index is 1.09. The van der Waals surface area contributed by atoms with Crippen molar-refractivity contribution in [3.8, 4) is 0 Å². The van der Waals surface area contributed by atoms with E-state index in [1.165, 1.54) is 55.0 Å². The molecule has 1 aliphatic rings. The summed E-state index contributed by atoms with van der Waals surface area (Å²) in [5.74, 6) is 0. The standard InChI is InChI=1S/C16H25BrN2/c1-13-10-14(2)16(15(3)11-13)12-19-8-6-18(5-4-17)7-9-19/h10-11H,4-9,12H2,1-3H3. The maximum Gasteiger partial charge on any atom is 0.0240 e. The van der Waals surface area contributed by atoms with E-state index in [9.17, 15) is 0 Å². The van der Waals surface area contributed by atoms with E-state index in [-0.39, 0.29) is 0 Å². The van der Waals surface area contributed by atoms with Crippen LogP contribution in [0.1, 0.15) is 22.3 Å². The largest absolute Gasteiger partial charge is 0.300 e. The third kappa shape index (κ3) is 4.04. The van der Waals surface area contributed by atoms with Gasteiger partial charge in [-0.3, -0.25) is 9.80 Å². The summed E-state index contributed by atoms with van der Waals surface area (Å²) in [6.45, 7) is 13.8. The van der Waals surface area contributed by atoms with Crippen molar-refractivity contribution in [1.82, 2.24) is 9.80 Å². The summed E-state index contributed by atoms with van der Waals surface area (Å²) < 4.78 is 0. The van der Waals surface area contributed by atoms with Gasteiger partial charge >= 0.3 is 0 Å². The number of rotatable bonds is 4. The van der Waals surface area contributed by atoms with Gasteiger partial charge in [0.2, 0.25) is 0 Å². The molecule has 3 heteroatoms. The van der Waals surface area contributed by atoms with Gasteiger partial charge in [0.25, 0.3) is 0 Å². The van der Waals surface area contributed by atoms with Crippen LogP contribution >= 0.6 is 15.9 Å². The molecule has 0 aromatic heterocycles. The van der Waals surface area contributed by atoms with Crippen molar-refractivity contribution in [1.29, 1.82) is 0 Å². The molecule has 0 atom stereocenters.